The van der Waals surface area contributed by atoms with Crippen LogP contribution in [0.2, 0.25) is 0 Å². The quantitative estimate of drug-likeness (QED) is 0.778. The lowest BCUT2D eigenvalue weighted by molar-refractivity contribution is 0.0735. The molecule has 0 saturated carbocycles. The van der Waals surface area contributed by atoms with Gasteiger partial charge in [0.15, 0.2) is 0 Å². The fourth-order valence-corrected chi connectivity index (χ4v) is 4.45. The van der Waals surface area contributed by atoms with Crippen LogP contribution in [0.4, 0.5) is 0 Å². The number of thiophene rings is 1. The zero-order valence-corrected chi connectivity index (χ0v) is 16.1. The van der Waals surface area contributed by atoms with Crippen molar-refractivity contribution in [3.8, 4) is 0 Å². The number of likely N-dealkylation sites (tertiary alicyclic amines) is 1. The van der Waals surface area contributed by atoms with Crippen molar-refractivity contribution < 1.29 is 4.79 Å². The van der Waals surface area contributed by atoms with Crippen molar-refractivity contribution in [3.63, 3.8) is 0 Å². The van der Waals surface area contributed by atoms with Crippen LogP contribution < -0.4 is 0 Å². The third kappa shape index (κ3) is 4.93. The molecule has 1 amide bonds. The van der Waals surface area contributed by atoms with E-state index in [1.165, 1.54) is 41.9 Å². The van der Waals surface area contributed by atoms with Gasteiger partial charge in [-0.1, -0.05) is 30.3 Å². The second kappa shape index (κ2) is 8.63. The number of hydrogen-bond donors (Lipinski definition) is 0. The number of aryl methyl sites for hydroxylation is 1. The van der Waals surface area contributed by atoms with E-state index in [4.69, 9.17) is 0 Å². The van der Waals surface area contributed by atoms with Crippen LogP contribution in [-0.2, 0) is 6.42 Å². The standard InChI is InChI=1S/C21H28N2OS/c1-17-7-3-4-9-19(17)11-13-23-12-5-8-18(16-23)15-22(2)21(24)20-10-6-14-25-20/h3-4,6-7,9-10,14,18H,5,8,11-13,15-16H2,1-2H3/t18-/m0/s1. The van der Waals surface area contributed by atoms with Gasteiger partial charge in [0.25, 0.3) is 5.91 Å². The van der Waals surface area contributed by atoms with Crippen molar-refractivity contribution in [1.82, 2.24) is 9.80 Å². The fraction of sp³-hybridized carbons (Fsp3) is 0.476. The summed E-state index contributed by atoms with van der Waals surface area (Å²) < 4.78 is 0. The lowest BCUT2D eigenvalue weighted by atomic mass is 9.96. The maximum Gasteiger partial charge on any atom is 0.263 e. The Morgan fingerprint density at radius 1 is 1.28 bits per heavy atom. The summed E-state index contributed by atoms with van der Waals surface area (Å²) in [6.45, 7) is 6.46. The van der Waals surface area contributed by atoms with Crippen molar-refractivity contribution in [3.05, 3.63) is 57.8 Å². The highest BCUT2D eigenvalue weighted by atomic mass is 32.1. The maximum atomic E-state index is 12.4. The maximum absolute atomic E-state index is 12.4. The predicted molar refractivity (Wildman–Crippen MR) is 105 cm³/mol. The van der Waals surface area contributed by atoms with Crippen LogP contribution >= 0.6 is 11.3 Å². The number of amides is 1. The average molecular weight is 357 g/mol. The third-order valence-electron chi connectivity index (χ3n) is 5.17. The van der Waals surface area contributed by atoms with E-state index in [-0.39, 0.29) is 5.91 Å². The van der Waals surface area contributed by atoms with E-state index in [2.05, 4.69) is 36.1 Å². The molecule has 3 rings (SSSR count). The third-order valence-corrected chi connectivity index (χ3v) is 6.03. The van der Waals surface area contributed by atoms with Crippen molar-refractivity contribution in [2.45, 2.75) is 26.2 Å². The van der Waals surface area contributed by atoms with Gasteiger partial charge in [0.1, 0.15) is 0 Å². The summed E-state index contributed by atoms with van der Waals surface area (Å²) in [5, 5.41) is 1.97. The van der Waals surface area contributed by atoms with Gasteiger partial charge in [0.05, 0.1) is 4.88 Å². The Morgan fingerprint density at radius 2 is 2.12 bits per heavy atom. The first-order valence-electron chi connectivity index (χ1n) is 9.19. The summed E-state index contributed by atoms with van der Waals surface area (Å²) in [4.78, 5) is 17.8. The molecule has 1 aromatic heterocycles. The highest BCUT2D eigenvalue weighted by Crippen LogP contribution is 2.20. The molecule has 1 aliphatic heterocycles. The Labute approximate surface area is 155 Å². The summed E-state index contributed by atoms with van der Waals surface area (Å²) in [6.07, 6.45) is 3.58. The lowest BCUT2D eigenvalue weighted by Crippen LogP contribution is -2.42. The van der Waals surface area contributed by atoms with E-state index < -0.39 is 0 Å². The van der Waals surface area contributed by atoms with Crippen molar-refractivity contribution in [1.29, 1.82) is 0 Å². The molecule has 25 heavy (non-hydrogen) atoms. The number of hydrogen-bond acceptors (Lipinski definition) is 3. The Kier molecular flexibility index (Phi) is 6.27. The largest absolute Gasteiger partial charge is 0.341 e. The number of nitrogens with zero attached hydrogens (tertiary/aromatic N) is 2. The summed E-state index contributed by atoms with van der Waals surface area (Å²) in [7, 11) is 1.94. The SMILES string of the molecule is Cc1ccccc1CCN1CCC[C@@H](CN(C)C(=O)c2cccs2)C1. The highest BCUT2D eigenvalue weighted by Gasteiger charge is 2.23. The van der Waals surface area contributed by atoms with Crippen LogP contribution in [0.1, 0.15) is 33.6 Å². The van der Waals surface area contributed by atoms with Crippen molar-refractivity contribution in [2.24, 2.45) is 5.92 Å². The summed E-state index contributed by atoms with van der Waals surface area (Å²) in [5.74, 6) is 0.742. The molecule has 1 atom stereocenters. The Morgan fingerprint density at radius 3 is 2.88 bits per heavy atom. The normalized spacial score (nSPS) is 18.2. The van der Waals surface area contributed by atoms with Gasteiger partial charge < -0.3 is 9.80 Å². The first kappa shape index (κ1) is 18.2. The molecule has 0 spiro atoms. The molecule has 1 fully saturated rings. The Balaban J connectivity index is 1.49. The van der Waals surface area contributed by atoms with Crippen LogP contribution in [0.3, 0.4) is 0 Å². The first-order valence-corrected chi connectivity index (χ1v) is 10.1. The van der Waals surface area contributed by atoms with E-state index >= 15 is 0 Å². The molecular formula is C21H28N2OS. The van der Waals surface area contributed by atoms with Gasteiger partial charge >= 0.3 is 0 Å². The number of rotatable bonds is 6. The summed E-state index contributed by atoms with van der Waals surface area (Å²) in [6, 6.07) is 12.5. The molecule has 2 heterocycles. The molecule has 0 aliphatic carbocycles. The smallest absolute Gasteiger partial charge is 0.263 e. The Bertz CT molecular complexity index is 683. The van der Waals surface area contributed by atoms with Gasteiger partial charge in [-0.05, 0) is 61.2 Å². The number of piperidine rings is 1. The topological polar surface area (TPSA) is 23.6 Å². The first-order chi connectivity index (χ1) is 12.1. The van der Waals surface area contributed by atoms with Gasteiger partial charge in [-0.2, -0.15) is 0 Å². The predicted octanol–water partition coefficient (Wildman–Crippen LogP) is 4.08. The van der Waals surface area contributed by atoms with Crippen LogP contribution in [0, 0.1) is 12.8 Å². The second-order valence-corrected chi connectivity index (χ2v) is 8.10. The molecule has 2 aromatic rings. The summed E-state index contributed by atoms with van der Waals surface area (Å²) >= 11 is 1.53. The van der Waals surface area contributed by atoms with E-state index in [0.29, 0.717) is 5.92 Å². The number of carbonyl (C=O) groups excluding carboxylic acids is 1. The van der Waals surface area contributed by atoms with E-state index in [1.807, 2.05) is 29.5 Å². The number of carbonyl (C=O) groups is 1. The minimum atomic E-state index is 0.159. The molecule has 1 aliphatic rings. The van der Waals surface area contributed by atoms with Gasteiger partial charge in [0.2, 0.25) is 0 Å². The zero-order valence-electron chi connectivity index (χ0n) is 15.3. The average Bonchev–Trinajstić information content (AvgIpc) is 3.15. The van der Waals surface area contributed by atoms with Crippen LogP contribution in [-0.4, -0.2) is 48.9 Å². The monoisotopic (exact) mass is 356 g/mol. The highest BCUT2D eigenvalue weighted by molar-refractivity contribution is 7.12. The van der Waals surface area contributed by atoms with Gasteiger partial charge in [-0.25, -0.2) is 0 Å². The molecule has 0 bridgehead atoms. The molecule has 0 radical (unpaired) electrons. The van der Waals surface area contributed by atoms with Gasteiger partial charge in [-0.3, -0.25) is 4.79 Å². The number of benzene rings is 1. The fourth-order valence-electron chi connectivity index (χ4n) is 3.73. The zero-order chi connectivity index (χ0) is 17.6. The molecule has 1 saturated heterocycles. The molecule has 4 heteroatoms. The van der Waals surface area contributed by atoms with Crippen LogP contribution in [0.15, 0.2) is 41.8 Å². The lowest BCUT2D eigenvalue weighted by Gasteiger charge is -2.34. The molecule has 134 valence electrons. The van der Waals surface area contributed by atoms with E-state index in [1.54, 1.807) is 0 Å². The van der Waals surface area contributed by atoms with Crippen molar-refractivity contribution in [2.75, 3.05) is 33.2 Å². The molecule has 1 aromatic carbocycles. The second-order valence-electron chi connectivity index (χ2n) is 7.15. The minimum Gasteiger partial charge on any atom is -0.341 e. The Hall–Kier alpha value is -1.65. The van der Waals surface area contributed by atoms with Crippen molar-refractivity contribution >= 4 is 17.2 Å². The van der Waals surface area contributed by atoms with Crippen LogP contribution in [0.25, 0.3) is 0 Å². The van der Waals surface area contributed by atoms with Crippen LogP contribution in [0.5, 0.6) is 0 Å². The molecule has 3 nitrogen and oxygen atoms in total. The molecule has 0 unspecified atom stereocenters. The van der Waals surface area contributed by atoms with Gasteiger partial charge in [-0.15, -0.1) is 11.3 Å². The van der Waals surface area contributed by atoms with Gasteiger partial charge in [0, 0.05) is 26.7 Å². The molecule has 0 N–H and O–H groups in total. The van der Waals surface area contributed by atoms with E-state index in [0.717, 1.165) is 30.9 Å². The molecular weight excluding hydrogens is 328 g/mol. The van der Waals surface area contributed by atoms with E-state index in [9.17, 15) is 4.79 Å². The summed E-state index contributed by atoms with van der Waals surface area (Å²) in [5.41, 5.74) is 2.84. The minimum absolute atomic E-state index is 0.159.